The van der Waals surface area contributed by atoms with Gasteiger partial charge in [0.05, 0.1) is 0 Å². The molecule has 2 rings (SSSR count). The fraction of sp³-hybridized carbons (Fsp3) is 0.583. The van der Waals surface area contributed by atoms with Crippen molar-refractivity contribution in [1.82, 2.24) is 5.32 Å². The average molecular weight is 365 g/mol. The second-order valence-corrected chi connectivity index (χ2v) is 5.37. The van der Waals surface area contributed by atoms with Crippen LogP contribution in [-0.2, 0) is 5.41 Å². The van der Waals surface area contributed by atoms with E-state index in [1.807, 2.05) is 11.3 Å². The third kappa shape index (κ3) is 3.34. The van der Waals surface area contributed by atoms with Gasteiger partial charge in [0.15, 0.2) is 5.96 Å². The zero-order chi connectivity index (χ0) is 11.4. The van der Waals surface area contributed by atoms with Gasteiger partial charge in [0, 0.05) is 23.9 Å². The lowest BCUT2D eigenvalue weighted by Gasteiger charge is -2.28. The van der Waals surface area contributed by atoms with E-state index < -0.39 is 0 Å². The van der Waals surface area contributed by atoms with Crippen LogP contribution in [-0.4, -0.2) is 19.6 Å². The van der Waals surface area contributed by atoms with Crippen molar-refractivity contribution in [2.75, 3.05) is 13.6 Å². The highest BCUT2D eigenvalue weighted by Gasteiger charge is 2.36. The molecular formula is C12H20IN3S. The molecule has 0 aromatic carbocycles. The van der Waals surface area contributed by atoms with Crippen LogP contribution < -0.4 is 11.1 Å². The van der Waals surface area contributed by atoms with Gasteiger partial charge >= 0.3 is 0 Å². The van der Waals surface area contributed by atoms with Crippen LogP contribution in [0.3, 0.4) is 0 Å². The zero-order valence-electron chi connectivity index (χ0n) is 10.1. The van der Waals surface area contributed by atoms with E-state index in [9.17, 15) is 0 Å². The summed E-state index contributed by atoms with van der Waals surface area (Å²) in [5.41, 5.74) is 6.00. The lowest BCUT2D eigenvalue weighted by molar-refractivity contribution is 0.442. The number of guanidine groups is 1. The number of rotatable bonds is 3. The van der Waals surface area contributed by atoms with E-state index in [4.69, 9.17) is 5.73 Å². The average Bonchev–Trinajstić information content (AvgIpc) is 2.96. The number of nitrogens with zero attached hydrogens (tertiary/aromatic N) is 1. The molecule has 1 aliphatic rings. The second-order valence-electron chi connectivity index (χ2n) is 4.43. The van der Waals surface area contributed by atoms with E-state index >= 15 is 0 Å². The third-order valence-corrected chi connectivity index (χ3v) is 4.57. The molecule has 96 valence electrons. The predicted molar refractivity (Wildman–Crippen MR) is 85.4 cm³/mol. The molecule has 0 saturated heterocycles. The highest BCUT2D eigenvalue weighted by molar-refractivity contribution is 14.0. The van der Waals surface area contributed by atoms with Crippen molar-refractivity contribution in [2.45, 2.75) is 31.1 Å². The lowest BCUT2D eigenvalue weighted by atomic mass is 9.84. The fourth-order valence-corrected chi connectivity index (χ4v) is 3.47. The minimum Gasteiger partial charge on any atom is -0.370 e. The van der Waals surface area contributed by atoms with Gasteiger partial charge in [-0.2, -0.15) is 0 Å². The first-order valence-corrected chi connectivity index (χ1v) is 6.65. The molecule has 0 aliphatic heterocycles. The molecular weight excluding hydrogens is 345 g/mol. The van der Waals surface area contributed by atoms with E-state index in [2.05, 4.69) is 27.8 Å². The van der Waals surface area contributed by atoms with E-state index in [1.165, 1.54) is 30.6 Å². The summed E-state index contributed by atoms with van der Waals surface area (Å²) in [5.74, 6) is 0.544. The Morgan fingerprint density at radius 1 is 1.53 bits per heavy atom. The first-order chi connectivity index (χ1) is 7.77. The third-order valence-electron chi connectivity index (χ3n) is 3.45. The fourth-order valence-electron chi connectivity index (χ4n) is 2.48. The normalized spacial score (nSPS) is 18.8. The molecule has 1 aromatic rings. The minimum absolute atomic E-state index is 0. The summed E-state index contributed by atoms with van der Waals surface area (Å²) in [5, 5.41) is 5.40. The summed E-state index contributed by atoms with van der Waals surface area (Å²) >= 11 is 1.86. The summed E-state index contributed by atoms with van der Waals surface area (Å²) in [4.78, 5) is 5.44. The molecule has 0 unspecified atom stereocenters. The lowest BCUT2D eigenvalue weighted by Crippen LogP contribution is -2.41. The van der Waals surface area contributed by atoms with Crippen molar-refractivity contribution < 1.29 is 0 Å². The Hall–Kier alpha value is -0.300. The second kappa shape index (κ2) is 6.58. The Bertz CT molecular complexity index is 356. The van der Waals surface area contributed by atoms with Crippen molar-refractivity contribution >= 4 is 41.3 Å². The zero-order valence-corrected chi connectivity index (χ0v) is 13.3. The first kappa shape index (κ1) is 14.8. The van der Waals surface area contributed by atoms with E-state index in [-0.39, 0.29) is 24.0 Å². The van der Waals surface area contributed by atoms with Crippen LogP contribution in [0.5, 0.6) is 0 Å². The van der Waals surface area contributed by atoms with Gasteiger partial charge in [-0.15, -0.1) is 35.3 Å². The molecule has 5 heteroatoms. The summed E-state index contributed by atoms with van der Waals surface area (Å²) in [6, 6.07) is 4.38. The standard InChI is InChI=1S/C12H19N3S.HI/c1-14-11(13)15-9-12(6-2-3-7-12)10-5-4-8-16-10;/h4-5,8H,2-3,6-7,9H2,1H3,(H3,13,14,15);1H. The number of aliphatic imine (C=N–C) groups is 1. The topological polar surface area (TPSA) is 50.4 Å². The van der Waals surface area contributed by atoms with Crippen LogP contribution in [0, 0.1) is 0 Å². The van der Waals surface area contributed by atoms with Gasteiger partial charge in [0.1, 0.15) is 0 Å². The molecule has 1 saturated carbocycles. The van der Waals surface area contributed by atoms with Crippen LogP contribution in [0.25, 0.3) is 0 Å². The Morgan fingerprint density at radius 2 is 2.24 bits per heavy atom. The van der Waals surface area contributed by atoms with Crippen molar-refractivity contribution in [3.63, 3.8) is 0 Å². The molecule has 0 spiro atoms. The number of halogens is 1. The molecule has 3 nitrogen and oxygen atoms in total. The smallest absolute Gasteiger partial charge is 0.188 e. The van der Waals surface area contributed by atoms with Crippen LogP contribution in [0.2, 0.25) is 0 Å². The van der Waals surface area contributed by atoms with E-state index in [0.29, 0.717) is 11.4 Å². The van der Waals surface area contributed by atoms with E-state index in [0.717, 1.165) is 6.54 Å². The highest BCUT2D eigenvalue weighted by Crippen LogP contribution is 2.42. The molecule has 0 amide bonds. The Morgan fingerprint density at radius 3 is 2.76 bits per heavy atom. The van der Waals surface area contributed by atoms with Crippen molar-refractivity contribution in [1.29, 1.82) is 0 Å². The van der Waals surface area contributed by atoms with E-state index in [1.54, 1.807) is 7.05 Å². The summed E-state index contributed by atoms with van der Waals surface area (Å²) in [6.07, 6.45) is 5.17. The SMILES string of the molecule is CN=C(N)NCC1(c2cccs2)CCCC1.I. The summed E-state index contributed by atoms with van der Waals surface area (Å²) in [7, 11) is 1.72. The molecule has 1 heterocycles. The van der Waals surface area contributed by atoms with Gasteiger partial charge in [-0.3, -0.25) is 4.99 Å². The van der Waals surface area contributed by atoms with Gasteiger partial charge in [-0.25, -0.2) is 0 Å². The number of nitrogens with two attached hydrogens (primary N) is 1. The van der Waals surface area contributed by atoms with Crippen molar-refractivity contribution in [3.8, 4) is 0 Å². The molecule has 1 aliphatic carbocycles. The molecule has 1 aromatic heterocycles. The molecule has 3 N–H and O–H groups in total. The molecule has 0 radical (unpaired) electrons. The Labute approximate surface area is 124 Å². The Kier molecular flexibility index (Phi) is 5.72. The number of hydrogen-bond donors (Lipinski definition) is 2. The maximum absolute atomic E-state index is 5.71. The van der Waals surface area contributed by atoms with Crippen LogP contribution in [0.4, 0.5) is 0 Å². The first-order valence-electron chi connectivity index (χ1n) is 5.77. The minimum atomic E-state index is 0. The predicted octanol–water partition coefficient (Wildman–Crippen LogP) is 2.71. The maximum atomic E-state index is 5.71. The highest BCUT2D eigenvalue weighted by atomic mass is 127. The van der Waals surface area contributed by atoms with Crippen molar-refractivity contribution in [2.24, 2.45) is 10.7 Å². The van der Waals surface area contributed by atoms with Crippen LogP contribution in [0.1, 0.15) is 30.6 Å². The molecule has 17 heavy (non-hydrogen) atoms. The summed E-state index contributed by atoms with van der Waals surface area (Å²) < 4.78 is 0. The quantitative estimate of drug-likeness (QED) is 0.492. The van der Waals surface area contributed by atoms with Gasteiger partial charge < -0.3 is 11.1 Å². The maximum Gasteiger partial charge on any atom is 0.188 e. The molecule has 1 fully saturated rings. The van der Waals surface area contributed by atoms with Gasteiger partial charge in [0.25, 0.3) is 0 Å². The van der Waals surface area contributed by atoms with Gasteiger partial charge in [-0.05, 0) is 24.3 Å². The van der Waals surface area contributed by atoms with Crippen molar-refractivity contribution in [3.05, 3.63) is 22.4 Å². The van der Waals surface area contributed by atoms with Crippen LogP contribution >= 0.6 is 35.3 Å². The number of hydrogen-bond acceptors (Lipinski definition) is 2. The number of thiophene rings is 1. The number of nitrogens with one attached hydrogen (secondary N) is 1. The van der Waals surface area contributed by atoms with Gasteiger partial charge in [0.2, 0.25) is 0 Å². The monoisotopic (exact) mass is 365 g/mol. The molecule has 0 bridgehead atoms. The molecule has 0 atom stereocenters. The van der Waals surface area contributed by atoms with Gasteiger partial charge in [-0.1, -0.05) is 18.9 Å². The largest absolute Gasteiger partial charge is 0.370 e. The Balaban J connectivity index is 0.00000144. The van der Waals surface area contributed by atoms with Crippen LogP contribution in [0.15, 0.2) is 22.5 Å². The summed E-state index contributed by atoms with van der Waals surface area (Å²) in [6.45, 7) is 0.913.